The van der Waals surface area contributed by atoms with Crippen molar-refractivity contribution in [1.82, 2.24) is 19.5 Å². The van der Waals surface area contributed by atoms with E-state index in [0.29, 0.717) is 23.7 Å². The van der Waals surface area contributed by atoms with Crippen molar-refractivity contribution in [2.45, 2.75) is 26.6 Å². The summed E-state index contributed by atoms with van der Waals surface area (Å²) in [5.74, 6) is 0.896. The summed E-state index contributed by atoms with van der Waals surface area (Å²) in [6.07, 6.45) is 1.68. The molecule has 0 aliphatic heterocycles. The van der Waals surface area contributed by atoms with Gasteiger partial charge in [0.05, 0.1) is 19.4 Å². The van der Waals surface area contributed by atoms with Crippen LogP contribution in [0.1, 0.15) is 22.0 Å². The van der Waals surface area contributed by atoms with Crippen LogP contribution in [0.5, 0.6) is 0 Å². The average Bonchev–Trinajstić information content (AvgIpc) is 3.25. The maximum atomic E-state index is 12.1. The molecule has 4 aromatic rings. The maximum Gasteiger partial charge on any atom is 0.275 e. The molecule has 6 nitrogen and oxygen atoms in total. The van der Waals surface area contributed by atoms with Crippen molar-refractivity contribution in [2.75, 3.05) is 0 Å². The number of fused-ring (bicyclic) bond motifs is 1. The van der Waals surface area contributed by atoms with Gasteiger partial charge in [0.25, 0.3) is 5.56 Å². The Labute approximate surface area is 154 Å². The summed E-state index contributed by atoms with van der Waals surface area (Å²) in [6.45, 7) is 3.86. The lowest BCUT2D eigenvalue weighted by Crippen LogP contribution is -2.22. The fourth-order valence-electron chi connectivity index (χ4n) is 2.85. The summed E-state index contributed by atoms with van der Waals surface area (Å²) in [7, 11) is 0. The lowest BCUT2D eigenvalue weighted by Gasteiger charge is -2.19. The normalized spacial score (nSPS) is 11.5. The monoisotopic (exact) mass is 366 g/mol. The predicted octanol–water partition coefficient (Wildman–Crippen LogP) is 3.25. The zero-order valence-corrected chi connectivity index (χ0v) is 15.1. The molecule has 26 heavy (non-hydrogen) atoms. The standard InChI is InChI=1S/C19H18N4O2S/c1-14-10-18(24)23-19(20-14)26-17(21-23)13-22(12-16-8-5-9-25-16)11-15-6-3-2-4-7-15/h2-10H,11-13H2,1H3. The van der Waals surface area contributed by atoms with Crippen molar-refractivity contribution in [2.24, 2.45) is 0 Å². The van der Waals surface area contributed by atoms with E-state index in [4.69, 9.17) is 4.42 Å². The maximum absolute atomic E-state index is 12.1. The third-order valence-corrected chi connectivity index (χ3v) is 4.88. The van der Waals surface area contributed by atoms with Crippen LogP contribution in [-0.2, 0) is 19.6 Å². The molecule has 3 aromatic heterocycles. The number of furan rings is 1. The summed E-state index contributed by atoms with van der Waals surface area (Å²) < 4.78 is 6.88. The summed E-state index contributed by atoms with van der Waals surface area (Å²) in [5, 5.41) is 5.30. The van der Waals surface area contributed by atoms with Gasteiger partial charge < -0.3 is 4.42 Å². The van der Waals surface area contributed by atoms with Crippen LogP contribution in [0.4, 0.5) is 0 Å². The van der Waals surface area contributed by atoms with Gasteiger partial charge in [-0.25, -0.2) is 4.98 Å². The smallest absolute Gasteiger partial charge is 0.275 e. The summed E-state index contributed by atoms with van der Waals surface area (Å²) in [5.41, 5.74) is 1.78. The number of aromatic nitrogens is 3. The van der Waals surface area contributed by atoms with Gasteiger partial charge in [0.1, 0.15) is 10.8 Å². The van der Waals surface area contributed by atoms with Crippen LogP contribution in [0.15, 0.2) is 64.0 Å². The lowest BCUT2D eigenvalue weighted by atomic mass is 10.2. The van der Waals surface area contributed by atoms with Crippen molar-refractivity contribution in [3.63, 3.8) is 0 Å². The van der Waals surface area contributed by atoms with Crippen LogP contribution in [0.2, 0.25) is 0 Å². The van der Waals surface area contributed by atoms with Gasteiger partial charge in [0, 0.05) is 18.3 Å². The molecule has 4 rings (SSSR count). The second kappa shape index (κ2) is 7.23. The van der Waals surface area contributed by atoms with Crippen LogP contribution >= 0.6 is 11.3 Å². The van der Waals surface area contributed by atoms with Gasteiger partial charge >= 0.3 is 0 Å². The molecule has 7 heteroatoms. The van der Waals surface area contributed by atoms with Gasteiger partial charge in [0.15, 0.2) is 0 Å². The van der Waals surface area contributed by atoms with Crippen molar-refractivity contribution in [3.8, 4) is 0 Å². The third-order valence-electron chi connectivity index (χ3n) is 3.98. The first-order chi connectivity index (χ1) is 12.7. The SMILES string of the molecule is Cc1cc(=O)n2nc(CN(Cc3ccccc3)Cc3ccco3)sc2n1. The van der Waals surface area contributed by atoms with Gasteiger partial charge in [-0.3, -0.25) is 9.69 Å². The molecule has 0 fully saturated rings. The van der Waals surface area contributed by atoms with Crippen LogP contribution < -0.4 is 5.56 Å². The molecule has 1 aromatic carbocycles. The topological polar surface area (TPSA) is 63.6 Å². The zero-order valence-electron chi connectivity index (χ0n) is 14.3. The Morgan fingerprint density at radius 2 is 1.96 bits per heavy atom. The minimum atomic E-state index is -0.143. The van der Waals surface area contributed by atoms with Crippen molar-refractivity contribution >= 4 is 16.3 Å². The summed E-state index contributed by atoms with van der Waals surface area (Å²) in [4.78, 5) is 19.4. The Hall–Kier alpha value is -2.77. The van der Waals surface area contributed by atoms with Gasteiger partial charge in [-0.1, -0.05) is 41.7 Å². The van der Waals surface area contributed by atoms with E-state index < -0.39 is 0 Å². The van der Waals surface area contributed by atoms with E-state index in [-0.39, 0.29) is 5.56 Å². The van der Waals surface area contributed by atoms with E-state index in [2.05, 4.69) is 27.1 Å². The molecule has 0 amide bonds. The highest BCUT2D eigenvalue weighted by atomic mass is 32.1. The van der Waals surface area contributed by atoms with E-state index in [0.717, 1.165) is 17.3 Å². The first-order valence-electron chi connectivity index (χ1n) is 8.32. The third kappa shape index (κ3) is 3.74. The van der Waals surface area contributed by atoms with Crippen molar-refractivity contribution < 1.29 is 4.42 Å². The quantitative estimate of drug-likeness (QED) is 0.524. The molecule has 0 bridgehead atoms. The summed E-state index contributed by atoms with van der Waals surface area (Å²) in [6, 6.07) is 15.6. The fraction of sp³-hybridized carbons (Fsp3) is 0.211. The largest absolute Gasteiger partial charge is 0.468 e. The predicted molar refractivity (Wildman–Crippen MR) is 100.0 cm³/mol. The summed E-state index contributed by atoms with van der Waals surface area (Å²) >= 11 is 1.45. The molecule has 0 aliphatic rings. The van der Waals surface area contributed by atoms with Gasteiger partial charge in [0.2, 0.25) is 4.96 Å². The van der Waals surface area contributed by atoms with Crippen molar-refractivity contribution in [3.05, 3.63) is 87.2 Å². The van der Waals surface area contributed by atoms with E-state index in [1.807, 2.05) is 37.3 Å². The van der Waals surface area contributed by atoms with Crippen LogP contribution in [-0.4, -0.2) is 19.5 Å². The second-order valence-corrected chi connectivity index (χ2v) is 7.18. The molecule has 132 valence electrons. The molecule has 0 atom stereocenters. The Balaban J connectivity index is 1.61. The van der Waals surface area contributed by atoms with Gasteiger partial charge in [-0.05, 0) is 24.6 Å². The molecule has 3 heterocycles. The Bertz CT molecular complexity index is 1050. The number of hydrogen-bond donors (Lipinski definition) is 0. The molecule has 0 N–H and O–H groups in total. The number of rotatable bonds is 6. The Kier molecular flexibility index (Phi) is 4.64. The van der Waals surface area contributed by atoms with E-state index >= 15 is 0 Å². The Morgan fingerprint density at radius 1 is 1.12 bits per heavy atom. The highest BCUT2D eigenvalue weighted by Crippen LogP contribution is 2.18. The molecule has 0 saturated heterocycles. The highest BCUT2D eigenvalue weighted by Gasteiger charge is 2.14. The average molecular weight is 366 g/mol. The zero-order chi connectivity index (χ0) is 17.9. The fourth-order valence-corrected chi connectivity index (χ4v) is 3.83. The van der Waals surface area contributed by atoms with Crippen molar-refractivity contribution in [1.29, 1.82) is 0 Å². The van der Waals surface area contributed by atoms with E-state index in [1.165, 1.54) is 27.5 Å². The van der Waals surface area contributed by atoms with Gasteiger partial charge in [-0.2, -0.15) is 9.61 Å². The Morgan fingerprint density at radius 3 is 2.73 bits per heavy atom. The van der Waals surface area contributed by atoms with E-state index in [1.54, 1.807) is 6.26 Å². The molecule has 0 radical (unpaired) electrons. The molecule has 0 spiro atoms. The molecule has 0 unspecified atom stereocenters. The number of nitrogens with zero attached hydrogens (tertiary/aromatic N) is 4. The van der Waals surface area contributed by atoms with Crippen LogP contribution in [0.3, 0.4) is 0 Å². The molecule has 0 aliphatic carbocycles. The van der Waals surface area contributed by atoms with E-state index in [9.17, 15) is 4.79 Å². The second-order valence-electron chi connectivity index (χ2n) is 6.14. The molecular weight excluding hydrogens is 348 g/mol. The first-order valence-corrected chi connectivity index (χ1v) is 9.14. The highest BCUT2D eigenvalue weighted by molar-refractivity contribution is 7.16. The lowest BCUT2D eigenvalue weighted by molar-refractivity contribution is 0.226. The minimum absolute atomic E-state index is 0.143. The number of benzene rings is 1. The van der Waals surface area contributed by atoms with Gasteiger partial charge in [-0.15, -0.1) is 0 Å². The van der Waals surface area contributed by atoms with Crippen LogP contribution in [0, 0.1) is 6.92 Å². The number of hydrogen-bond acceptors (Lipinski definition) is 6. The first kappa shape index (κ1) is 16.7. The molecule has 0 saturated carbocycles. The number of aryl methyl sites for hydroxylation is 1. The minimum Gasteiger partial charge on any atom is -0.468 e. The van der Waals surface area contributed by atoms with Crippen LogP contribution in [0.25, 0.3) is 4.96 Å². The molecular formula is C19H18N4O2S.